The highest BCUT2D eigenvalue weighted by atomic mass is 32.2. The predicted octanol–water partition coefficient (Wildman–Crippen LogP) is 4.52. The summed E-state index contributed by atoms with van der Waals surface area (Å²) in [5.74, 6) is -0.526. The Morgan fingerprint density at radius 1 is 1.09 bits per heavy atom. The summed E-state index contributed by atoms with van der Waals surface area (Å²) in [6.07, 6.45) is 3.29. The standard InChI is InChI=1S/C27H28O6S/c1-3-4-7-12-18(2)26-30-17-21-23(33-26)24(32-25(29)19-13-8-5-9-14-19)22(28)27(31-21)34-20-15-10-6-11-16-20/h3-16,21-24,26-28H,1,17H2,2H3/b7-4-,18-12+/t21?,22?,23-,24?,26?,27+/m0/s1. The van der Waals surface area contributed by atoms with Gasteiger partial charge in [0.15, 0.2) is 12.4 Å². The van der Waals surface area contributed by atoms with E-state index >= 15 is 0 Å². The number of fused-ring (bicyclic) bond motifs is 1. The number of carbonyl (C=O) groups is 1. The van der Waals surface area contributed by atoms with Gasteiger partial charge in [-0.3, -0.25) is 0 Å². The zero-order valence-corrected chi connectivity index (χ0v) is 19.7. The summed E-state index contributed by atoms with van der Waals surface area (Å²) in [5.41, 5.74) is 0.576. The van der Waals surface area contributed by atoms with E-state index in [4.69, 9.17) is 18.9 Å². The number of thioether (sulfide) groups is 1. The van der Waals surface area contributed by atoms with Gasteiger partial charge in [0.1, 0.15) is 23.7 Å². The maximum atomic E-state index is 12.9. The molecule has 6 atom stereocenters. The summed E-state index contributed by atoms with van der Waals surface area (Å²) in [6, 6.07) is 18.3. The van der Waals surface area contributed by atoms with E-state index in [1.54, 1.807) is 36.4 Å². The average Bonchev–Trinajstić information content (AvgIpc) is 2.87. The van der Waals surface area contributed by atoms with Crippen molar-refractivity contribution in [1.82, 2.24) is 0 Å². The van der Waals surface area contributed by atoms with Crippen molar-refractivity contribution >= 4 is 17.7 Å². The molecule has 4 rings (SSSR count). The summed E-state index contributed by atoms with van der Waals surface area (Å²) in [5, 5.41) is 11.2. The molecule has 34 heavy (non-hydrogen) atoms. The minimum absolute atomic E-state index is 0.240. The molecule has 2 aliphatic rings. The molecule has 1 N–H and O–H groups in total. The molecule has 7 heteroatoms. The van der Waals surface area contributed by atoms with Crippen LogP contribution in [0.3, 0.4) is 0 Å². The molecule has 2 aromatic carbocycles. The van der Waals surface area contributed by atoms with E-state index in [9.17, 15) is 9.90 Å². The third-order valence-corrected chi connectivity index (χ3v) is 6.70. The first-order valence-corrected chi connectivity index (χ1v) is 12.0. The van der Waals surface area contributed by atoms with Crippen LogP contribution in [0.5, 0.6) is 0 Å². The lowest BCUT2D eigenvalue weighted by atomic mass is 9.98. The second-order valence-corrected chi connectivity index (χ2v) is 9.17. The number of ether oxygens (including phenoxy) is 4. The minimum atomic E-state index is -1.11. The van der Waals surface area contributed by atoms with E-state index < -0.39 is 42.1 Å². The van der Waals surface area contributed by atoms with Gasteiger partial charge < -0.3 is 24.1 Å². The first-order valence-electron chi connectivity index (χ1n) is 11.1. The zero-order chi connectivity index (χ0) is 23.9. The van der Waals surface area contributed by atoms with Gasteiger partial charge in [0.2, 0.25) is 0 Å². The number of hydrogen-bond acceptors (Lipinski definition) is 7. The SMILES string of the molecule is C=C/C=C\C=C(/C)C1OCC2O[C@H](Sc3ccccc3)C(O)C(OC(=O)c3ccccc3)[C@H]2O1. The fourth-order valence-corrected chi connectivity index (χ4v) is 4.87. The van der Waals surface area contributed by atoms with Crippen molar-refractivity contribution < 1.29 is 28.8 Å². The van der Waals surface area contributed by atoms with E-state index in [2.05, 4.69) is 6.58 Å². The van der Waals surface area contributed by atoms with Gasteiger partial charge in [-0.25, -0.2) is 4.79 Å². The Morgan fingerprint density at radius 3 is 2.50 bits per heavy atom. The molecule has 2 aromatic rings. The number of benzene rings is 2. The van der Waals surface area contributed by atoms with Crippen LogP contribution in [0.1, 0.15) is 17.3 Å². The Morgan fingerprint density at radius 2 is 1.79 bits per heavy atom. The maximum absolute atomic E-state index is 12.9. The highest BCUT2D eigenvalue weighted by Gasteiger charge is 2.51. The Balaban J connectivity index is 1.56. The number of hydrogen-bond donors (Lipinski definition) is 1. The monoisotopic (exact) mass is 480 g/mol. The summed E-state index contributed by atoms with van der Waals surface area (Å²) >= 11 is 1.37. The highest BCUT2D eigenvalue weighted by molar-refractivity contribution is 7.99. The van der Waals surface area contributed by atoms with Gasteiger partial charge in [0, 0.05) is 4.90 Å². The molecule has 178 valence electrons. The minimum Gasteiger partial charge on any atom is -0.453 e. The van der Waals surface area contributed by atoms with Gasteiger partial charge in [-0.05, 0) is 36.8 Å². The first kappa shape index (κ1) is 24.4. The third kappa shape index (κ3) is 5.87. The molecule has 0 amide bonds. The maximum Gasteiger partial charge on any atom is 0.338 e. The van der Waals surface area contributed by atoms with Crippen LogP contribution < -0.4 is 0 Å². The van der Waals surface area contributed by atoms with E-state index in [0.717, 1.165) is 10.5 Å². The number of allylic oxidation sites excluding steroid dienone is 4. The van der Waals surface area contributed by atoms with Crippen LogP contribution in [-0.4, -0.2) is 53.8 Å². The summed E-state index contributed by atoms with van der Waals surface area (Å²) in [4.78, 5) is 13.8. The van der Waals surface area contributed by atoms with Crippen LogP contribution in [0.25, 0.3) is 0 Å². The number of aliphatic hydroxyl groups excluding tert-OH is 1. The van der Waals surface area contributed by atoms with Crippen LogP contribution in [0.2, 0.25) is 0 Å². The highest BCUT2D eigenvalue weighted by Crippen LogP contribution is 2.38. The molecule has 2 aliphatic heterocycles. The zero-order valence-electron chi connectivity index (χ0n) is 18.9. The number of carbonyl (C=O) groups excluding carboxylic acids is 1. The fraction of sp³-hybridized carbons (Fsp3) is 0.296. The normalized spacial score (nSPS) is 29.4. The summed E-state index contributed by atoms with van der Waals surface area (Å²) in [7, 11) is 0. The summed E-state index contributed by atoms with van der Waals surface area (Å²) in [6.45, 7) is 5.78. The molecule has 0 aromatic heterocycles. The van der Waals surface area contributed by atoms with Crippen LogP contribution in [0.4, 0.5) is 0 Å². The third-order valence-electron chi connectivity index (χ3n) is 5.53. The molecule has 2 heterocycles. The Kier molecular flexibility index (Phi) is 8.37. The Bertz CT molecular complexity index is 1020. The van der Waals surface area contributed by atoms with Crippen molar-refractivity contribution in [2.75, 3.05) is 6.61 Å². The molecule has 2 saturated heterocycles. The molecule has 0 bridgehead atoms. The summed E-state index contributed by atoms with van der Waals surface area (Å²) < 4.78 is 24.1. The molecule has 4 unspecified atom stereocenters. The second-order valence-electron chi connectivity index (χ2n) is 8.00. The van der Waals surface area contributed by atoms with E-state index in [1.165, 1.54) is 11.8 Å². The molecule has 0 saturated carbocycles. The molecule has 0 aliphatic carbocycles. The lowest BCUT2D eigenvalue weighted by molar-refractivity contribution is -0.304. The van der Waals surface area contributed by atoms with Crippen LogP contribution >= 0.6 is 11.8 Å². The van der Waals surface area contributed by atoms with Crippen molar-refractivity contribution in [2.45, 2.75) is 48.0 Å². The van der Waals surface area contributed by atoms with Crippen molar-refractivity contribution in [3.05, 3.63) is 103 Å². The molecular weight excluding hydrogens is 452 g/mol. The quantitative estimate of drug-likeness (QED) is 0.461. The number of esters is 1. The van der Waals surface area contributed by atoms with Gasteiger partial charge in [0.05, 0.1) is 12.2 Å². The smallest absolute Gasteiger partial charge is 0.338 e. The number of aliphatic hydroxyl groups is 1. The molecule has 2 fully saturated rings. The first-order chi connectivity index (χ1) is 16.6. The van der Waals surface area contributed by atoms with Gasteiger partial charge in [-0.15, -0.1) is 0 Å². The van der Waals surface area contributed by atoms with Crippen molar-refractivity contribution in [1.29, 1.82) is 0 Å². The predicted molar refractivity (Wildman–Crippen MR) is 130 cm³/mol. The average molecular weight is 481 g/mol. The molecule has 6 nitrogen and oxygen atoms in total. The Labute approximate surface area is 203 Å². The molecule has 0 spiro atoms. The van der Waals surface area contributed by atoms with Crippen LogP contribution in [0.15, 0.2) is 102 Å². The van der Waals surface area contributed by atoms with E-state index in [-0.39, 0.29) is 6.61 Å². The largest absolute Gasteiger partial charge is 0.453 e. The topological polar surface area (TPSA) is 74.2 Å². The van der Waals surface area contributed by atoms with Crippen molar-refractivity contribution in [3.63, 3.8) is 0 Å². The van der Waals surface area contributed by atoms with E-state index in [1.807, 2.05) is 55.5 Å². The second kappa shape index (κ2) is 11.6. The van der Waals surface area contributed by atoms with Gasteiger partial charge >= 0.3 is 5.97 Å². The lowest BCUT2D eigenvalue weighted by Crippen LogP contribution is -2.63. The van der Waals surface area contributed by atoms with Gasteiger partial charge in [0.25, 0.3) is 0 Å². The lowest BCUT2D eigenvalue weighted by Gasteiger charge is -2.47. The Hall–Kier alpha value is -2.68. The fourth-order valence-electron chi connectivity index (χ4n) is 3.79. The number of rotatable bonds is 7. The van der Waals surface area contributed by atoms with E-state index in [0.29, 0.717) is 5.56 Å². The molecular formula is C27H28O6S. The van der Waals surface area contributed by atoms with Gasteiger partial charge in [-0.1, -0.05) is 79.0 Å². The molecule has 0 radical (unpaired) electrons. The van der Waals surface area contributed by atoms with Crippen LogP contribution in [0, 0.1) is 0 Å². The van der Waals surface area contributed by atoms with Crippen molar-refractivity contribution in [2.24, 2.45) is 0 Å². The van der Waals surface area contributed by atoms with Crippen LogP contribution in [-0.2, 0) is 18.9 Å². The van der Waals surface area contributed by atoms with Gasteiger partial charge in [-0.2, -0.15) is 0 Å². The van der Waals surface area contributed by atoms with Crippen molar-refractivity contribution in [3.8, 4) is 0 Å².